The molecule has 5 nitrogen and oxygen atoms in total. The summed E-state index contributed by atoms with van der Waals surface area (Å²) in [5.74, 6) is -0.0430. The number of hydrogen-bond acceptors (Lipinski definition) is 4. The van der Waals surface area contributed by atoms with Crippen molar-refractivity contribution < 1.29 is 19.4 Å². The molecule has 0 aromatic heterocycles. The number of carboxylic acid groups (broad SMARTS) is 1. The Labute approximate surface area is 122 Å². The van der Waals surface area contributed by atoms with Crippen LogP contribution in [0.5, 0.6) is 11.5 Å². The molecule has 2 N–H and O–H groups in total. The Bertz CT molecular complexity index is 532. The van der Waals surface area contributed by atoms with Crippen LogP contribution in [-0.2, 0) is 4.79 Å². The monoisotopic (exact) mass is 299 g/mol. The molecule has 20 heavy (non-hydrogen) atoms. The van der Waals surface area contributed by atoms with Crippen LogP contribution in [0.15, 0.2) is 6.07 Å². The van der Waals surface area contributed by atoms with E-state index in [-0.39, 0.29) is 6.04 Å². The van der Waals surface area contributed by atoms with Crippen LogP contribution < -0.4 is 14.8 Å². The van der Waals surface area contributed by atoms with Gasteiger partial charge in [-0.1, -0.05) is 11.6 Å². The first-order valence-electron chi connectivity index (χ1n) is 6.36. The van der Waals surface area contributed by atoms with Gasteiger partial charge in [0.25, 0.3) is 0 Å². The Hall–Kier alpha value is -1.46. The molecule has 2 rings (SSSR count). The minimum Gasteiger partial charge on any atom is -0.493 e. The maximum atomic E-state index is 11.1. The zero-order chi connectivity index (χ0) is 14.9. The lowest BCUT2D eigenvalue weighted by molar-refractivity contribution is -0.141. The maximum absolute atomic E-state index is 11.1. The van der Waals surface area contributed by atoms with Gasteiger partial charge in [0.15, 0.2) is 11.5 Å². The molecule has 1 fully saturated rings. The molecule has 6 heteroatoms. The summed E-state index contributed by atoms with van der Waals surface area (Å²) >= 11 is 6.39. The summed E-state index contributed by atoms with van der Waals surface area (Å²) in [7, 11) is 3.12. The van der Waals surface area contributed by atoms with E-state index in [2.05, 4.69) is 5.32 Å². The molecular weight excluding hydrogens is 282 g/mol. The van der Waals surface area contributed by atoms with E-state index in [1.54, 1.807) is 14.2 Å². The minimum atomic E-state index is -0.797. The van der Waals surface area contributed by atoms with Crippen LogP contribution in [0.3, 0.4) is 0 Å². The molecule has 1 aromatic rings. The maximum Gasteiger partial charge on any atom is 0.307 e. The average molecular weight is 300 g/mol. The van der Waals surface area contributed by atoms with E-state index in [0.29, 0.717) is 29.5 Å². The van der Waals surface area contributed by atoms with Gasteiger partial charge >= 0.3 is 5.97 Å². The number of rotatable bonds is 4. The van der Waals surface area contributed by atoms with Crippen LogP contribution in [0.1, 0.15) is 23.6 Å². The fourth-order valence-electron chi connectivity index (χ4n) is 2.59. The van der Waals surface area contributed by atoms with Crippen molar-refractivity contribution >= 4 is 17.6 Å². The van der Waals surface area contributed by atoms with Gasteiger partial charge in [-0.25, -0.2) is 0 Å². The third-order valence-corrected chi connectivity index (χ3v) is 4.15. The molecule has 1 saturated heterocycles. The summed E-state index contributed by atoms with van der Waals surface area (Å²) in [4.78, 5) is 11.1. The Morgan fingerprint density at radius 2 is 2.15 bits per heavy atom. The van der Waals surface area contributed by atoms with Crippen molar-refractivity contribution in [1.29, 1.82) is 0 Å². The largest absolute Gasteiger partial charge is 0.493 e. The predicted octanol–water partition coefficient (Wildman–Crippen LogP) is 2.40. The number of halogens is 1. The number of methoxy groups -OCH3 is 2. The molecular formula is C14H18ClNO4. The van der Waals surface area contributed by atoms with Crippen molar-refractivity contribution in [1.82, 2.24) is 5.32 Å². The molecule has 0 amide bonds. The van der Waals surface area contributed by atoms with Crippen molar-refractivity contribution in [2.24, 2.45) is 5.92 Å². The zero-order valence-electron chi connectivity index (χ0n) is 11.7. The lowest BCUT2D eigenvalue weighted by Gasteiger charge is -2.20. The number of carbonyl (C=O) groups is 1. The number of carboxylic acids is 1. The van der Waals surface area contributed by atoms with E-state index < -0.39 is 11.9 Å². The number of benzene rings is 1. The molecule has 1 aromatic carbocycles. The van der Waals surface area contributed by atoms with Gasteiger partial charge in [-0.05, 0) is 25.0 Å². The van der Waals surface area contributed by atoms with E-state index >= 15 is 0 Å². The molecule has 2 unspecified atom stereocenters. The van der Waals surface area contributed by atoms with E-state index in [1.165, 1.54) is 0 Å². The van der Waals surface area contributed by atoms with Crippen molar-refractivity contribution in [2.75, 3.05) is 20.8 Å². The van der Waals surface area contributed by atoms with Crippen molar-refractivity contribution in [3.63, 3.8) is 0 Å². The molecule has 1 aliphatic rings. The fraction of sp³-hybridized carbons (Fsp3) is 0.500. The third-order valence-electron chi connectivity index (χ3n) is 3.65. The summed E-state index contributed by atoms with van der Waals surface area (Å²) < 4.78 is 10.7. The van der Waals surface area contributed by atoms with E-state index in [9.17, 15) is 4.79 Å². The highest BCUT2D eigenvalue weighted by molar-refractivity contribution is 6.32. The lowest BCUT2D eigenvalue weighted by atomic mass is 9.97. The highest BCUT2D eigenvalue weighted by Crippen LogP contribution is 2.44. The summed E-state index contributed by atoms with van der Waals surface area (Å²) in [6.07, 6.45) is 0.484. The first kappa shape index (κ1) is 14.9. The van der Waals surface area contributed by atoms with Gasteiger partial charge in [0.05, 0.1) is 25.2 Å². The molecule has 110 valence electrons. The van der Waals surface area contributed by atoms with Gasteiger partial charge in [0, 0.05) is 18.2 Å². The Kier molecular flexibility index (Phi) is 4.40. The molecule has 0 saturated carbocycles. The van der Waals surface area contributed by atoms with Gasteiger partial charge in [-0.3, -0.25) is 4.79 Å². The number of aliphatic carboxylic acids is 1. The molecule has 0 spiro atoms. The molecule has 1 heterocycles. The quantitative estimate of drug-likeness (QED) is 0.893. The highest BCUT2D eigenvalue weighted by atomic mass is 35.5. The number of nitrogens with one attached hydrogen (secondary N) is 1. The first-order valence-corrected chi connectivity index (χ1v) is 6.74. The Morgan fingerprint density at radius 1 is 1.45 bits per heavy atom. The van der Waals surface area contributed by atoms with E-state index in [1.807, 2.05) is 13.0 Å². The van der Waals surface area contributed by atoms with Gasteiger partial charge < -0.3 is 19.9 Å². The second kappa shape index (κ2) is 5.89. The molecule has 2 atom stereocenters. The van der Waals surface area contributed by atoms with Crippen LogP contribution in [0.2, 0.25) is 5.02 Å². The topological polar surface area (TPSA) is 67.8 Å². The Balaban J connectivity index is 2.45. The summed E-state index contributed by atoms with van der Waals surface area (Å²) in [5, 5.41) is 12.9. The molecule has 0 bridgehead atoms. The van der Waals surface area contributed by atoms with Gasteiger partial charge in [0.1, 0.15) is 0 Å². The number of ether oxygens (including phenoxy) is 2. The van der Waals surface area contributed by atoms with Crippen LogP contribution in [0.4, 0.5) is 0 Å². The minimum absolute atomic E-state index is 0.146. The smallest absolute Gasteiger partial charge is 0.307 e. The van der Waals surface area contributed by atoms with E-state index in [0.717, 1.165) is 11.1 Å². The SMILES string of the molecule is COc1cc(C)c(Cl)c(C2CC(C(=O)O)CN2)c1OC. The van der Waals surface area contributed by atoms with Crippen molar-refractivity contribution in [3.05, 3.63) is 22.2 Å². The van der Waals surface area contributed by atoms with Crippen LogP contribution in [-0.4, -0.2) is 31.8 Å². The average Bonchev–Trinajstić information content (AvgIpc) is 2.90. The van der Waals surface area contributed by atoms with Gasteiger partial charge in [-0.15, -0.1) is 0 Å². The fourth-order valence-corrected chi connectivity index (χ4v) is 2.86. The van der Waals surface area contributed by atoms with E-state index in [4.69, 9.17) is 26.2 Å². The normalized spacial score (nSPS) is 21.8. The standard InChI is InChI=1S/C14H18ClNO4/c1-7-4-10(19-2)13(20-3)11(12(7)15)9-5-8(6-16-9)14(17)18/h4,8-9,16H,5-6H2,1-3H3,(H,17,18). The summed E-state index contributed by atoms with van der Waals surface area (Å²) in [6.45, 7) is 2.31. The van der Waals surface area contributed by atoms with Gasteiger partial charge in [0.2, 0.25) is 0 Å². The zero-order valence-corrected chi connectivity index (χ0v) is 12.5. The van der Waals surface area contributed by atoms with Crippen LogP contribution in [0.25, 0.3) is 0 Å². The number of aryl methyl sites for hydroxylation is 1. The molecule has 0 aliphatic carbocycles. The predicted molar refractivity (Wildman–Crippen MR) is 75.8 cm³/mol. The summed E-state index contributed by atoms with van der Waals surface area (Å²) in [6, 6.07) is 1.67. The molecule has 0 radical (unpaired) electrons. The first-order chi connectivity index (χ1) is 9.49. The van der Waals surface area contributed by atoms with Crippen LogP contribution >= 0.6 is 11.6 Å². The van der Waals surface area contributed by atoms with Crippen molar-refractivity contribution in [3.8, 4) is 11.5 Å². The lowest BCUT2D eigenvalue weighted by Crippen LogP contribution is -2.18. The summed E-state index contributed by atoms with van der Waals surface area (Å²) in [5.41, 5.74) is 1.65. The Morgan fingerprint density at radius 3 is 2.65 bits per heavy atom. The highest BCUT2D eigenvalue weighted by Gasteiger charge is 2.34. The van der Waals surface area contributed by atoms with Crippen molar-refractivity contribution in [2.45, 2.75) is 19.4 Å². The third kappa shape index (κ3) is 2.55. The van der Waals surface area contributed by atoms with Gasteiger partial charge in [-0.2, -0.15) is 0 Å². The number of hydrogen-bond donors (Lipinski definition) is 2. The second-order valence-electron chi connectivity index (χ2n) is 4.89. The van der Waals surface area contributed by atoms with Crippen LogP contribution in [0, 0.1) is 12.8 Å². The molecule has 1 aliphatic heterocycles. The second-order valence-corrected chi connectivity index (χ2v) is 5.27.